The summed E-state index contributed by atoms with van der Waals surface area (Å²) in [7, 11) is 1.80. The van der Waals surface area contributed by atoms with E-state index in [1.54, 1.807) is 7.11 Å². The molecule has 2 rings (SSSR count). The maximum Gasteiger partial charge on any atom is 0.0707 e. The first kappa shape index (κ1) is 14.3. The maximum atomic E-state index is 5.90. The largest absolute Gasteiger partial charge is 0.383 e. The van der Waals surface area contributed by atoms with Crippen molar-refractivity contribution in [2.75, 3.05) is 39.9 Å². The molecule has 4 nitrogen and oxygen atoms in total. The van der Waals surface area contributed by atoms with Gasteiger partial charge >= 0.3 is 0 Å². The molecule has 0 amide bonds. The number of fused-ring (bicyclic) bond motifs is 2. The molecule has 3 unspecified atom stereocenters. The molecule has 2 aliphatic rings. The second-order valence-corrected chi connectivity index (χ2v) is 6.07. The minimum Gasteiger partial charge on any atom is -0.383 e. The van der Waals surface area contributed by atoms with Crippen molar-refractivity contribution in [3.63, 3.8) is 0 Å². The van der Waals surface area contributed by atoms with Crippen molar-refractivity contribution in [3.05, 3.63) is 0 Å². The minimum atomic E-state index is 0.466. The second kappa shape index (κ2) is 6.85. The molecular formula is C14H28N2O2. The van der Waals surface area contributed by atoms with Crippen LogP contribution in [0, 0.1) is 5.92 Å². The molecule has 0 aliphatic carbocycles. The summed E-state index contributed by atoms with van der Waals surface area (Å²) >= 11 is 0. The molecule has 0 saturated carbocycles. The highest BCUT2D eigenvalue weighted by Gasteiger charge is 2.36. The van der Waals surface area contributed by atoms with Gasteiger partial charge in [0, 0.05) is 32.8 Å². The summed E-state index contributed by atoms with van der Waals surface area (Å²) in [5, 5.41) is 3.55. The summed E-state index contributed by atoms with van der Waals surface area (Å²) in [6.45, 7) is 9.55. The van der Waals surface area contributed by atoms with E-state index >= 15 is 0 Å². The van der Waals surface area contributed by atoms with Crippen molar-refractivity contribution in [2.24, 2.45) is 5.92 Å². The average Bonchev–Trinajstić information content (AvgIpc) is 2.67. The second-order valence-electron chi connectivity index (χ2n) is 6.07. The van der Waals surface area contributed by atoms with Crippen LogP contribution in [0.15, 0.2) is 0 Å². The molecule has 0 radical (unpaired) electrons. The van der Waals surface area contributed by atoms with Crippen molar-refractivity contribution in [1.29, 1.82) is 0 Å². The van der Waals surface area contributed by atoms with Gasteiger partial charge in [0.05, 0.1) is 18.8 Å². The fourth-order valence-electron chi connectivity index (χ4n) is 2.97. The molecule has 0 aromatic rings. The topological polar surface area (TPSA) is 33.7 Å². The molecule has 2 bridgehead atoms. The molecule has 0 aromatic carbocycles. The van der Waals surface area contributed by atoms with Crippen molar-refractivity contribution in [3.8, 4) is 0 Å². The van der Waals surface area contributed by atoms with Crippen LogP contribution in [0.5, 0.6) is 0 Å². The Bertz CT molecular complexity index is 236. The van der Waals surface area contributed by atoms with Gasteiger partial charge < -0.3 is 14.8 Å². The Kier molecular flexibility index (Phi) is 5.42. The first-order valence-corrected chi connectivity index (χ1v) is 7.28. The van der Waals surface area contributed by atoms with Crippen LogP contribution in [0.4, 0.5) is 0 Å². The van der Waals surface area contributed by atoms with E-state index in [1.165, 1.54) is 12.8 Å². The first-order chi connectivity index (χ1) is 8.69. The molecule has 0 spiro atoms. The van der Waals surface area contributed by atoms with E-state index in [4.69, 9.17) is 9.47 Å². The van der Waals surface area contributed by atoms with Crippen LogP contribution in [-0.4, -0.2) is 63.0 Å². The molecule has 4 heteroatoms. The number of rotatable bonds is 7. The van der Waals surface area contributed by atoms with Crippen LogP contribution in [0.3, 0.4) is 0 Å². The summed E-state index contributed by atoms with van der Waals surface area (Å²) in [6, 6.07) is 0.487. The lowest BCUT2D eigenvalue weighted by atomic mass is 10.2. The van der Waals surface area contributed by atoms with Gasteiger partial charge in [0.1, 0.15) is 0 Å². The van der Waals surface area contributed by atoms with E-state index in [0.29, 0.717) is 24.2 Å². The summed E-state index contributed by atoms with van der Waals surface area (Å²) < 4.78 is 11.3. The predicted molar refractivity (Wildman–Crippen MR) is 72.8 cm³/mol. The maximum absolute atomic E-state index is 5.90. The van der Waals surface area contributed by atoms with Gasteiger partial charge in [-0.05, 0) is 25.3 Å². The lowest BCUT2D eigenvalue weighted by molar-refractivity contribution is -0.0618. The molecule has 2 fully saturated rings. The zero-order chi connectivity index (χ0) is 13.0. The molecule has 2 aliphatic heterocycles. The quantitative estimate of drug-likeness (QED) is 0.740. The van der Waals surface area contributed by atoms with Crippen molar-refractivity contribution in [1.82, 2.24) is 10.2 Å². The van der Waals surface area contributed by atoms with Crippen molar-refractivity contribution < 1.29 is 9.47 Å². The third kappa shape index (κ3) is 3.92. The zero-order valence-corrected chi connectivity index (χ0v) is 12.0. The van der Waals surface area contributed by atoms with Crippen LogP contribution >= 0.6 is 0 Å². The molecule has 2 heterocycles. The Morgan fingerprint density at radius 3 is 2.44 bits per heavy atom. The van der Waals surface area contributed by atoms with Crippen molar-refractivity contribution in [2.45, 2.75) is 44.9 Å². The highest BCUT2D eigenvalue weighted by Crippen LogP contribution is 2.27. The molecular weight excluding hydrogens is 228 g/mol. The van der Waals surface area contributed by atoms with E-state index in [2.05, 4.69) is 24.1 Å². The van der Waals surface area contributed by atoms with Gasteiger partial charge in [-0.25, -0.2) is 0 Å². The lowest BCUT2D eigenvalue weighted by Gasteiger charge is -2.37. The van der Waals surface area contributed by atoms with Gasteiger partial charge in [-0.1, -0.05) is 13.8 Å². The number of likely N-dealkylation sites (tertiary alicyclic amines) is 1. The van der Waals surface area contributed by atoms with Crippen LogP contribution in [0.1, 0.15) is 26.7 Å². The predicted octanol–water partition coefficient (Wildman–Crippen LogP) is 1.11. The molecule has 3 atom stereocenters. The summed E-state index contributed by atoms with van der Waals surface area (Å²) in [5.74, 6) is 0.703. The molecule has 106 valence electrons. The van der Waals surface area contributed by atoms with E-state index in [0.717, 1.165) is 32.8 Å². The fraction of sp³-hybridized carbons (Fsp3) is 1.00. The van der Waals surface area contributed by atoms with E-state index in [-0.39, 0.29) is 0 Å². The SMILES string of the molecule is COCC(CNCC(C)C)N1CC2CCC(C1)O2. The number of methoxy groups -OCH3 is 1. The number of nitrogens with one attached hydrogen (secondary N) is 1. The Labute approximate surface area is 111 Å². The van der Waals surface area contributed by atoms with E-state index < -0.39 is 0 Å². The van der Waals surface area contributed by atoms with Gasteiger partial charge in [-0.15, -0.1) is 0 Å². The van der Waals surface area contributed by atoms with Crippen LogP contribution in [0.2, 0.25) is 0 Å². The summed E-state index contributed by atoms with van der Waals surface area (Å²) in [6.07, 6.45) is 3.40. The number of ether oxygens (including phenoxy) is 2. The Balaban J connectivity index is 1.80. The standard InChI is InChI=1S/C14H28N2O2/c1-11(2)6-15-7-12(10-17-3)16-8-13-4-5-14(9-16)18-13/h11-15H,4-10H2,1-3H3. The van der Waals surface area contributed by atoms with Gasteiger partial charge in [-0.3, -0.25) is 4.90 Å². The average molecular weight is 256 g/mol. The summed E-state index contributed by atoms with van der Waals surface area (Å²) in [5.41, 5.74) is 0. The molecule has 18 heavy (non-hydrogen) atoms. The van der Waals surface area contributed by atoms with E-state index in [1.807, 2.05) is 0 Å². The number of nitrogens with zero attached hydrogens (tertiary/aromatic N) is 1. The van der Waals surface area contributed by atoms with Gasteiger partial charge in [0.25, 0.3) is 0 Å². The Morgan fingerprint density at radius 2 is 1.89 bits per heavy atom. The van der Waals surface area contributed by atoms with Crippen molar-refractivity contribution >= 4 is 0 Å². The summed E-state index contributed by atoms with van der Waals surface area (Å²) in [4.78, 5) is 2.56. The molecule has 0 aromatic heterocycles. The van der Waals surface area contributed by atoms with Gasteiger partial charge in [-0.2, -0.15) is 0 Å². The van der Waals surface area contributed by atoms with Crippen LogP contribution < -0.4 is 5.32 Å². The molecule has 1 N–H and O–H groups in total. The van der Waals surface area contributed by atoms with Gasteiger partial charge in [0.2, 0.25) is 0 Å². The number of hydrogen-bond donors (Lipinski definition) is 1. The highest BCUT2D eigenvalue weighted by molar-refractivity contribution is 4.88. The third-order valence-corrected chi connectivity index (χ3v) is 3.88. The Hall–Kier alpha value is -0.160. The normalized spacial score (nSPS) is 30.0. The van der Waals surface area contributed by atoms with Crippen LogP contribution in [0.25, 0.3) is 0 Å². The lowest BCUT2D eigenvalue weighted by Crippen LogP contribution is -2.53. The van der Waals surface area contributed by atoms with Gasteiger partial charge in [0.15, 0.2) is 0 Å². The fourth-order valence-corrected chi connectivity index (χ4v) is 2.97. The minimum absolute atomic E-state index is 0.466. The third-order valence-electron chi connectivity index (χ3n) is 3.88. The zero-order valence-electron chi connectivity index (χ0n) is 12.0. The first-order valence-electron chi connectivity index (χ1n) is 7.28. The smallest absolute Gasteiger partial charge is 0.0707 e. The molecule has 2 saturated heterocycles. The Morgan fingerprint density at radius 1 is 1.22 bits per heavy atom. The highest BCUT2D eigenvalue weighted by atomic mass is 16.5. The monoisotopic (exact) mass is 256 g/mol. The number of hydrogen-bond acceptors (Lipinski definition) is 4. The van der Waals surface area contributed by atoms with Crippen LogP contribution in [-0.2, 0) is 9.47 Å². The van der Waals surface area contributed by atoms with E-state index in [9.17, 15) is 0 Å². The number of morpholine rings is 1.